The minimum atomic E-state index is -4.78. The fourth-order valence-electron chi connectivity index (χ4n) is 4.77. The van der Waals surface area contributed by atoms with Crippen LogP contribution in [0.4, 0.5) is 22.0 Å². The summed E-state index contributed by atoms with van der Waals surface area (Å²) < 4.78 is 97.4. The Morgan fingerprint density at radius 3 is 2.19 bits per heavy atom. The number of ether oxygens (including phenoxy) is 1. The van der Waals surface area contributed by atoms with Crippen molar-refractivity contribution >= 4 is 15.7 Å². The second-order valence-corrected chi connectivity index (χ2v) is 10.5. The van der Waals surface area contributed by atoms with Gasteiger partial charge in [-0.15, -0.1) is 0 Å². The number of nitrogens with zero attached hydrogens (tertiary/aromatic N) is 2. The maximum Gasteiger partial charge on any atom is 0.431 e. The van der Waals surface area contributed by atoms with Crippen LogP contribution >= 0.6 is 0 Å². The van der Waals surface area contributed by atoms with E-state index in [1.165, 1.54) is 15.5 Å². The van der Waals surface area contributed by atoms with Gasteiger partial charge in [0.25, 0.3) is 5.91 Å². The molecule has 2 aromatic carbocycles. The number of rotatable bonds is 3. The molecule has 2 aliphatic heterocycles. The van der Waals surface area contributed by atoms with Crippen LogP contribution in [-0.4, -0.2) is 42.6 Å². The zero-order valence-corrected chi connectivity index (χ0v) is 19.3. The standard InChI is InChI=1S/C24H19F5N2O4S/c25-22(26)36(33,34)16-7-5-15(6-8-16)21(32)30-13-11-23(12-14-30)19-9-10-20(24(27,28)29)31(19)17-3-1-2-4-18(17)35-23/h1-10,22H,11-14H2. The first-order valence-corrected chi connectivity index (χ1v) is 12.5. The molecule has 190 valence electrons. The van der Waals surface area contributed by atoms with Gasteiger partial charge in [0.15, 0.2) is 5.60 Å². The summed E-state index contributed by atoms with van der Waals surface area (Å²) in [6, 6.07) is 13.1. The molecule has 3 aromatic rings. The molecule has 1 amide bonds. The summed E-state index contributed by atoms with van der Waals surface area (Å²) in [5, 5.41) is 0. The largest absolute Gasteiger partial charge is 0.479 e. The summed E-state index contributed by atoms with van der Waals surface area (Å²) in [4.78, 5) is 13.9. The first-order chi connectivity index (χ1) is 16.9. The van der Waals surface area contributed by atoms with Crippen LogP contribution in [0, 0.1) is 0 Å². The molecule has 12 heteroatoms. The fourth-order valence-corrected chi connectivity index (χ4v) is 5.49. The second kappa shape index (κ2) is 8.32. The number of hydrogen-bond acceptors (Lipinski definition) is 4. The monoisotopic (exact) mass is 526 g/mol. The Hall–Kier alpha value is -3.41. The van der Waals surface area contributed by atoms with Gasteiger partial charge in [-0.05, 0) is 48.5 Å². The third-order valence-corrected chi connectivity index (χ3v) is 7.97. The van der Waals surface area contributed by atoms with Crippen molar-refractivity contribution in [3.63, 3.8) is 0 Å². The molecule has 36 heavy (non-hydrogen) atoms. The predicted octanol–water partition coefficient (Wildman–Crippen LogP) is 5.02. The summed E-state index contributed by atoms with van der Waals surface area (Å²) in [6.07, 6.45) is -4.15. The van der Waals surface area contributed by atoms with Crippen LogP contribution in [0.15, 0.2) is 65.6 Å². The highest BCUT2D eigenvalue weighted by Gasteiger charge is 2.48. The summed E-state index contributed by atoms with van der Waals surface area (Å²) in [5.41, 5.74) is -1.15. The predicted molar refractivity (Wildman–Crippen MR) is 118 cm³/mol. The van der Waals surface area contributed by atoms with Crippen LogP contribution in [-0.2, 0) is 21.6 Å². The van der Waals surface area contributed by atoms with Gasteiger partial charge < -0.3 is 14.2 Å². The Balaban J connectivity index is 1.40. The molecule has 0 radical (unpaired) electrons. The van der Waals surface area contributed by atoms with E-state index in [0.717, 1.165) is 30.3 Å². The number of amides is 1. The third-order valence-electron chi connectivity index (χ3n) is 6.57. The molecular weight excluding hydrogens is 507 g/mol. The molecule has 6 nitrogen and oxygen atoms in total. The second-order valence-electron chi connectivity index (χ2n) is 8.62. The van der Waals surface area contributed by atoms with Gasteiger partial charge in [0.05, 0.1) is 16.3 Å². The van der Waals surface area contributed by atoms with Crippen LogP contribution in [0.25, 0.3) is 5.69 Å². The van der Waals surface area contributed by atoms with Gasteiger partial charge in [-0.2, -0.15) is 22.0 Å². The number of aromatic nitrogens is 1. The van der Waals surface area contributed by atoms with Gasteiger partial charge in [0.1, 0.15) is 11.4 Å². The average molecular weight is 526 g/mol. The Kier molecular flexibility index (Phi) is 5.62. The lowest BCUT2D eigenvalue weighted by Crippen LogP contribution is -2.50. The van der Waals surface area contributed by atoms with Gasteiger partial charge >= 0.3 is 11.9 Å². The Morgan fingerprint density at radius 2 is 1.58 bits per heavy atom. The number of alkyl halides is 5. The van der Waals surface area contributed by atoms with Crippen molar-refractivity contribution < 1.29 is 39.9 Å². The van der Waals surface area contributed by atoms with E-state index in [4.69, 9.17) is 4.74 Å². The molecular formula is C24H19F5N2O4S. The molecule has 0 aliphatic carbocycles. The van der Waals surface area contributed by atoms with Gasteiger partial charge in [-0.1, -0.05) is 12.1 Å². The molecule has 0 unspecified atom stereocenters. The topological polar surface area (TPSA) is 68.6 Å². The molecule has 1 saturated heterocycles. The lowest BCUT2D eigenvalue weighted by molar-refractivity contribution is -0.143. The summed E-state index contributed by atoms with van der Waals surface area (Å²) in [5.74, 6) is -3.72. The van der Waals surface area contributed by atoms with Crippen molar-refractivity contribution in [1.82, 2.24) is 9.47 Å². The van der Waals surface area contributed by atoms with Gasteiger partial charge in [-0.3, -0.25) is 4.79 Å². The number of para-hydroxylation sites is 2. The highest BCUT2D eigenvalue weighted by atomic mass is 32.2. The summed E-state index contributed by atoms with van der Waals surface area (Å²) in [6.45, 7) is 0.315. The van der Waals surface area contributed by atoms with Crippen LogP contribution in [0.5, 0.6) is 5.75 Å². The highest BCUT2D eigenvalue weighted by molar-refractivity contribution is 7.91. The van der Waals surface area contributed by atoms with Crippen molar-refractivity contribution in [1.29, 1.82) is 0 Å². The summed E-state index contributed by atoms with van der Waals surface area (Å²) >= 11 is 0. The van der Waals surface area contributed by atoms with Crippen molar-refractivity contribution in [3.05, 3.63) is 77.6 Å². The van der Waals surface area contributed by atoms with E-state index >= 15 is 0 Å². The maximum absolute atomic E-state index is 13.8. The van der Waals surface area contributed by atoms with E-state index in [2.05, 4.69) is 0 Å². The number of carbonyl (C=O) groups is 1. The van der Waals surface area contributed by atoms with Gasteiger partial charge in [0.2, 0.25) is 9.84 Å². The van der Waals surface area contributed by atoms with E-state index in [-0.39, 0.29) is 37.2 Å². The van der Waals surface area contributed by atoms with Gasteiger partial charge in [-0.25, -0.2) is 8.42 Å². The molecule has 0 saturated carbocycles. The number of likely N-dealkylation sites (tertiary alicyclic amines) is 1. The van der Waals surface area contributed by atoms with E-state index in [0.29, 0.717) is 11.4 Å². The van der Waals surface area contributed by atoms with E-state index in [9.17, 15) is 35.2 Å². The smallest absolute Gasteiger partial charge is 0.431 e. The van der Waals surface area contributed by atoms with Gasteiger partial charge in [0, 0.05) is 31.5 Å². The zero-order valence-electron chi connectivity index (χ0n) is 18.5. The van der Waals surface area contributed by atoms with E-state index < -0.39 is 43.9 Å². The molecule has 0 N–H and O–H groups in total. The zero-order chi connectivity index (χ0) is 25.9. The van der Waals surface area contributed by atoms with Crippen molar-refractivity contribution in [3.8, 4) is 11.4 Å². The highest BCUT2D eigenvalue weighted by Crippen LogP contribution is 2.48. The molecule has 2 aliphatic rings. The molecule has 0 bridgehead atoms. The maximum atomic E-state index is 13.8. The molecule has 1 fully saturated rings. The quantitative estimate of drug-likeness (QED) is 0.450. The van der Waals surface area contributed by atoms with Crippen LogP contribution in [0.2, 0.25) is 0 Å². The van der Waals surface area contributed by atoms with Crippen LogP contribution in [0.1, 0.15) is 34.6 Å². The Morgan fingerprint density at radius 1 is 0.944 bits per heavy atom. The number of benzene rings is 2. The molecule has 3 heterocycles. The molecule has 0 atom stereocenters. The third kappa shape index (κ3) is 3.83. The fraction of sp³-hybridized carbons (Fsp3) is 0.292. The summed E-state index contributed by atoms with van der Waals surface area (Å²) in [7, 11) is -4.78. The lowest BCUT2D eigenvalue weighted by atomic mass is 9.86. The average Bonchev–Trinajstić information content (AvgIpc) is 3.32. The minimum Gasteiger partial charge on any atom is -0.479 e. The Bertz CT molecular complexity index is 1420. The van der Waals surface area contributed by atoms with Crippen LogP contribution < -0.4 is 4.74 Å². The number of piperidine rings is 1. The number of carbonyl (C=O) groups excluding carboxylic acids is 1. The first kappa shape index (κ1) is 24.3. The van der Waals surface area contributed by atoms with E-state index in [1.54, 1.807) is 24.3 Å². The van der Waals surface area contributed by atoms with Crippen molar-refractivity contribution in [2.24, 2.45) is 0 Å². The minimum absolute atomic E-state index is 0.108. The lowest BCUT2D eigenvalue weighted by Gasteiger charge is -2.45. The van der Waals surface area contributed by atoms with Crippen molar-refractivity contribution in [2.45, 2.75) is 35.3 Å². The number of halogens is 5. The molecule has 1 spiro atoms. The Labute approximate surface area is 202 Å². The SMILES string of the molecule is O=C(c1ccc(S(=O)(=O)C(F)F)cc1)N1CCC2(CC1)Oc1ccccc1-n1c(C(F)(F)F)ccc12. The first-order valence-electron chi connectivity index (χ1n) is 10.9. The number of sulfone groups is 1. The normalized spacial score (nSPS) is 17.0. The number of hydrogen-bond donors (Lipinski definition) is 0. The van der Waals surface area contributed by atoms with Crippen LogP contribution in [0.3, 0.4) is 0 Å². The van der Waals surface area contributed by atoms with E-state index in [1.807, 2.05) is 0 Å². The molecule has 1 aromatic heterocycles. The molecule has 5 rings (SSSR count). The number of fused-ring (bicyclic) bond motifs is 4. The van der Waals surface area contributed by atoms with Crippen molar-refractivity contribution in [2.75, 3.05) is 13.1 Å².